The summed E-state index contributed by atoms with van der Waals surface area (Å²) < 4.78 is 0. The second kappa shape index (κ2) is 5.20. The molecule has 2 aromatic rings. The fraction of sp³-hybridized carbons (Fsp3) is 0.167. The number of hydrogen-bond donors (Lipinski definition) is 1. The lowest BCUT2D eigenvalue weighted by atomic mass is 10.1. The van der Waals surface area contributed by atoms with Crippen LogP contribution in [0.3, 0.4) is 0 Å². The average molecular weight is 266 g/mol. The molecule has 0 spiro atoms. The van der Waals surface area contributed by atoms with Crippen LogP contribution in [0.25, 0.3) is 11.3 Å². The molecule has 0 saturated carbocycles. The molecule has 0 unspecified atom stereocenters. The van der Waals surface area contributed by atoms with E-state index in [1.165, 1.54) is 14.2 Å². The van der Waals surface area contributed by atoms with Crippen LogP contribution in [0.4, 0.5) is 0 Å². The quantitative estimate of drug-likeness (QED) is 0.867. The molecule has 0 radical (unpaired) electrons. The number of amides is 1. The lowest BCUT2D eigenvalue weighted by Crippen LogP contribution is -2.25. The summed E-state index contributed by atoms with van der Waals surface area (Å²) >= 11 is 5.81. The van der Waals surface area contributed by atoms with E-state index < -0.39 is 0 Å². The monoisotopic (exact) mass is 265 g/mol. The zero-order chi connectivity index (χ0) is 13.1. The van der Waals surface area contributed by atoms with Gasteiger partial charge >= 0.3 is 0 Å². The number of aromatic nitrogens is 2. The van der Waals surface area contributed by atoms with E-state index in [2.05, 4.69) is 10.2 Å². The van der Waals surface area contributed by atoms with E-state index in [4.69, 9.17) is 16.4 Å². The Balaban J connectivity index is 2.25. The van der Waals surface area contributed by atoms with Gasteiger partial charge in [0.25, 0.3) is 5.91 Å². The number of hydrogen-bond acceptors (Lipinski definition) is 3. The number of H-pyrrole nitrogens is 1. The Labute approximate surface area is 109 Å². The van der Waals surface area contributed by atoms with E-state index in [0.29, 0.717) is 10.7 Å². The highest BCUT2D eigenvalue weighted by Gasteiger charge is 2.15. The van der Waals surface area contributed by atoms with Crippen molar-refractivity contribution in [3.8, 4) is 11.3 Å². The van der Waals surface area contributed by atoms with Crippen molar-refractivity contribution >= 4 is 17.5 Å². The van der Waals surface area contributed by atoms with Crippen LogP contribution in [0.1, 0.15) is 10.5 Å². The highest BCUT2D eigenvalue weighted by Crippen LogP contribution is 2.20. The van der Waals surface area contributed by atoms with E-state index in [1.54, 1.807) is 18.2 Å². The molecule has 0 saturated heterocycles. The van der Waals surface area contributed by atoms with Gasteiger partial charge in [0.15, 0.2) is 5.69 Å². The molecule has 6 heteroatoms. The van der Waals surface area contributed by atoms with Crippen molar-refractivity contribution < 1.29 is 9.63 Å². The van der Waals surface area contributed by atoms with Crippen molar-refractivity contribution in [1.29, 1.82) is 0 Å². The molecule has 0 fully saturated rings. The summed E-state index contributed by atoms with van der Waals surface area (Å²) in [5.74, 6) is -0.311. The molecule has 1 aromatic heterocycles. The van der Waals surface area contributed by atoms with Crippen LogP contribution in [-0.2, 0) is 4.84 Å². The number of rotatable bonds is 3. The number of carbonyl (C=O) groups is 1. The maximum Gasteiger partial charge on any atom is 0.297 e. The number of benzene rings is 1. The van der Waals surface area contributed by atoms with Gasteiger partial charge in [0, 0.05) is 12.1 Å². The molecule has 1 aromatic carbocycles. The molecule has 94 valence electrons. The molecule has 0 bridgehead atoms. The molecule has 0 aliphatic rings. The largest absolute Gasteiger partial charge is 0.297 e. The highest BCUT2D eigenvalue weighted by molar-refractivity contribution is 6.30. The van der Waals surface area contributed by atoms with Gasteiger partial charge in [0.05, 0.1) is 12.8 Å². The first-order chi connectivity index (χ1) is 8.61. The first-order valence-corrected chi connectivity index (χ1v) is 5.63. The van der Waals surface area contributed by atoms with Crippen molar-refractivity contribution in [3.63, 3.8) is 0 Å². The Bertz CT molecular complexity index is 551. The number of halogens is 1. The minimum absolute atomic E-state index is 0.296. The summed E-state index contributed by atoms with van der Waals surface area (Å²) in [6.07, 6.45) is 0. The van der Waals surface area contributed by atoms with E-state index in [9.17, 15) is 4.79 Å². The smallest absolute Gasteiger partial charge is 0.277 e. The molecule has 2 rings (SSSR count). The zero-order valence-electron chi connectivity index (χ0n) is 9.98. The summed E-state index contributed by atoms with van der Waals surface area (Å²) in [7, 11) is 2.95. The summed E-state index contributed by atoms with van der Waals surface area (Å²) in [6, 6.07) is 8.93. The van der Waals surface area contributed by atoms with Gasteiger partial charge in [-0.25, -0.2) is 5.06 Å². The molecule has 0 atom stereocenters. The van der Waals surface area contributed by atoms with Crippen molar-refractivity contribution in [3.05, 3.63) is 41.0 Å². The van der Waals surface area contributed by atoms with Crippen LogP contribution < -0.4 is 0 Å². The summed E-state index contributed by atoms with van der Waals surface area (Å²) in [5.41, 5.74) is 1.95. The Hall–Kier alpha value is -1.85. The minimum Gasteiger partial charge on any atom is -0.277 e. The first kappa shape index (κ1) is 12.6. The number of aromatic amines is 1. The summed E-state index contributed by atoms with van der Waals surface area (Å²) in [6.45, 7) is 0. The van der Waals surface area contributed by atoms with E-state index in [0.717, 1.165) is 16.3 Å². The third-order valence-electron chi connectivity index (χ3n) is 2.51. The number of carbonyl (C=O) groups excluding carboxylic acids is 1. The predicted octanol–water partition coefficient (Wildman–Crippen LogP) is 2.36. The third-order valence-corrected chi connectivity index (χ3v) is 2.76. The van der Waals surface area contributed by atoms with Gasteiger partial charge < -0.3 is 0 Å². The fourth-order valence-electron chi connectivity index (χ4n) is 1.45. The van der Waals surface area contributed by atoms with Gasteiger partial charge in [-0.3, -0.25) is 14.7 Å². The second-order valence-corrected chi connectivity index (χ2v) is 4.10. The third kappa shape index (κ3) is 2.52. The molecule has 1 amide bonds. The molecule has 1 heterocycles. The summed E-state index contributed by atoms with van der Waals surface area (Å²) in [4.78, 5) is 16.6. The molecule has 5 nitrogen and oxygen atoms in total. The molecular weight excluding hydrogens is 254 g/mol. The molecule has 18 heavy (non-hydrogen) atoms. The molecular formula is C12H12ClN3O2. The standard InChI is InChI=1S/C12H12ClN3O2/c1-16(18-2)12(17)11-7-10(14-15-11)8-3-5-9(13)6-4-8/h3-7H,1-2H3,(H,14,15). The normalized spacial score (nSPS) is 10.4. The van der Waals surface area contributed by atoms with Crippen LogP contribution in [0.15, 0.2) is 30.3 Å². The van der Waals surface area contributed by atoms with Crippen LogP contribution in [0.2, 0.25) is 5.02 Å². The summed E-state index contributed by atoms with van der Waals surface area (Å²) in [5, 5.41) is 8.53. The number of hydroxylamine groups is 2. The van der Waals surface area contributed by atoms with Gasteiger partial charge in [-0.2, -0.15) is 5.10 Å². The molecule has 1 N–H and O–H groups in total. The Kier molecular flexibility index (Phi) is 3.64. The minimum atomic E-state index is -0.311. The zero-order valence-corrected chi connectivity index (χ0v) is 10.7. The highest BCUT2D eigenvalue weighted by atomic mass is 35.5. The Morgan fingerprint density at radius 1 is 1.39 bits per heavy atom. The van der Waals surface area contributed by atoms with Crippen molar-refractivity contribution in [2.75, 3.05) is 14.2 Å². The van der Waals surface area contributed by atoms with E-state index in [1.807, 2.05) is 12.1 Å². The van der Waals surface area contributed by atoms with E-state index in [-0.39, 0.29) is 5.91 Å². The molecule has 0 aliphatic heterocycles. The van der Waals surface area contributed by atoms with Crippen LogP contribution >= 0.6 is 11.6 Å². The van der Waals surface area contributed by atoms with Crippen molar-refractivity contribution in [2.24, 2.45) is 0 Å². The maximum absolute atomic E-state index is 11.8. The topological polar surface area (TPSA) is 58.2 Å². The Morgan fingerprint density at radius 3 is 2.67 bits per heavy atom. The van der Waals surface area contributed by atoms with Gasteiger partial charge in [-0.05, 0) is 23.8 Å². The van der Waals surface area contributed by atoms with Crippen molar-refractivity contribution in [1.82, 2.24) is 15.3 Å². The van der Waals surface area contributed by atoms with Gasteiger partial charge in [0.1, 0.15) is 0 Å². The molecule has 0 aliphatic carbocycles. The van der Waals surface area contributed by atoms with Crippen LogP contribution in [-0.4, -0.2) is 35.3 Å². The van der Waals surface area contributed by atoms with Crippen LogP contribution in [0, 0.1) is 0 Å². The second-order valence-electron chi connectivity index (χ2n) is 3.66. The Morgan fingerprint density at radius 2 is 2.06 bits per heavy atom. The van der Waals surface area contributed by atoms with E-state index >= 15 is 0 Å². The van der Waals surface area contributed by atoms with Crippen LogP contribution in [0.5, 0.6) is 0 Å². The average Bonchev–Trinajstić information content (AvgIpc) is 2.87. The number of nitrogens with one attached hydrogen (secondary N) is 1. The lowest BCUT2D eigenvalue weighted by molar-refractivity contribution is -0.0760. The maximum atomic E-state index is 11.8. The SMILES string of the molecule is CON(C)C(=O)c1cc(-c2ccc(Cl)cc2)[nH]n1. The van der Waals surface area contributed by atoms with Gasteiger partial charge in [-0.1, -0.05) is 23.7 Å². The van der Waals surface area contributed by atoms with Gasteiger partial charge in [-0.15, -0.1) is 0 Å². The predicted molar refractivity (Wildman–Crippen MR) is 68.1 cm³/mol. The lowest BCUT2D eigenvalue weighted by Gasteiger charge is -2.10. The first-order valence-electron chi connectivity index (χ1n) is 5.25. The number of nitrogens with zero attached hydrogens (tertiary/aromatic N) is 2. The fourth-order valence-corrected chi connectivity index (χ4v) is 1.58. The van der Waals surface area contributed by atoms with Crippen molar-refractivity contribution in [2.45, 2.75) is 0 Å². The van der Waals surface area contributed by atoms with Gasteiger partial charge in [0.2, 0.25) is 0 Å².